The van der Waals surface area contributed by atoms with Crippen LogP contribution in [-0.4, -0.2) is 6.61 Å². The molecule has 2 aliphatic heterocycles. The van der Waals surface area contributed by atoms with E-state index in [9.17, 15) is 0 Å². The van der Waals surface area contributed by atoms with Crippen molar-refractivity contribution in [3.63, 3.8) is 0 Å². The lowest BCUT2D eigenvalue weighted by molar-refractivity contribution is 0.116. The van der Waals surface area contributed by atoms with Crippen molar-refractivity contribution in [3.05, 3.63) is 70.8 Å². The summed E-state index contributed by atoms with van der Waals surface area (Å²) in [6.45, 7) is 5.59. The largest absolute Gasteiger partial charge is 0.377 e. The first-order valence-corrected chi connectivity index (χ1v) is 10.7. The van der Waals surface area contributed by atoms with Crippen LogP contribution in [0.15, 0.2) is 69.0 Å². The molecule has 0 fully saturated rings. The molecule has 2 aromatic carbocycles. The topological polar surface area (TPSA) is 58.7 Å². The summed E-state index contributed by atoms with van der Waals surface area (Å²) in [5.74, 6) is 0. The highest BCUT2D eigenvalue weighted by molar-refractivity contribution is 5.30. The number of nitrogens with zero attached hydrogens (tertiary/aromatic N) is 4. The van der Waals surface area contributed by atoms with E-state index in [0.717, 1.165) is 25.0 Å². The number of hydrogen-bond donors (Lipinski definition) is 0. The lowest BCUT2D eigenvalue weighted by atomic mass is 10.0. The van der Waals surface area contributed by atoms with E-state index in [1.165, 1.54) is 42.4 Å². The Labute approximate surface area is 173 Å². The Balaban J connectivity index is 1.02. The summed E-state index contributed by atoms with van der Waals surface area (Å²) >= 11 is 0. The molecular formula is C24H30N4O. The molecule has 0 spiro atoms. The predicted octanol–water partition coefficient (Wildman–Crippen LogP) is 6.67. The molecule has 0 N–H and O–H groups in total. The number of benzene rings is 2. The van der Waals surface area contributed by atoms with Crippen LogP contribution in [0.5, 0.6) is 0 Å². The third kappa shape index (κ3) is 5.36. The molecule has 0 atom stereocenters. The zero-order chi connectivity index (χ0) is 20.2. The maximum atomic E-state index is 5.82. The van der Waals surface area contributed by atoms with Crippen LogP contribution >= 0.6 is 0 Å². The fourth-order valence-corrected chi connectivity index (χ4v) is 3.54. The van der Waals surface area contributed by atoms with Crippen LogP contribution in [0, 0.1) is 0 Å². The van der Waals surface area contributed by atoms with Gasteiger partial charge in [0.25, 0.3) is 0 Å². The van der Waals surface area contributed by atoms with E-state index >= 15 is 0 Å². The SMILES string of the molecule is CC1(c2ccc(CCCCCCCOCc3ccc(C4(C)N=N4)cc3)cc2)N=N1. The first-order valence-electron chi connectivity index (χ1n) is 10.7. The van der Waals surface area contributed by atoms with Crippen molar-refractivity contribution in [2.24, 2.45) is 20.5 Å². The van der Waals surface area contributed by atoms with Crippen LogP contribution in [0.4, 0.5) is 0 Å². The minimum Gasteiger partial charge on any atom is -0.377 e. The quantitative estimate of drug-likeness (QED) is 0.373. The lowest BCUT2D eigenvalue weighted by Gasteiger charge is -2.08. The first-order chi connectivity index (χ1) is 14.1. The van der Waals surface area contributed by atoms with E-state index < -0.39 is 0 Å². The molecule has 0 saturated heterocycles. The molecule has 5 heteroatoms. The Kier molecular flexibility index (Phi) is 5.86. The van der Waals surface area contributed by atoms with Gasteiger partial charge in [0.1, 0.15) is 0 Å². The molecule has 4 rings (SSSR count). The third-order valence-electron chi connectivity index (χ3n) is 5.82. The fraction of sp³-hybridized carbons (Fsp3) is 0.500. The maximum Gasteiger partial charge on any atom is 0.213 e. The van der Waals surface area contributed by atoms with Crippen LogP contribution in [0.1, 0.15) is 68.2 Å². The van der Waals surface area contributed by atoms with E-state index in [2.05, 4.69) is 69.0 Å². The number of unbranched alkanes of at least 4 members (excludes halogenated alkanes) is 4. The molecular weight excluding hydrogens is 360 g/mol. The lowest BCUT2D eigenvalue weighted by Crippen LogP contribution is -2.02. The van der Waals surface area contributed by atoms with E-state index in [4.69, 9.17) is 4.74 Å². The number of rotatable bonds is 12. The van der Waals surface area contributed by atoms with Crippen LogP contribution in [0.3, 0.4) is 0 Å². The molecule has 0 aromatic heterocycles. The van der Waals surface area contributed by atoms with Gasteiger partial charge >= 0.3 is 0 Å². The second kappa shape index (κ2) is 8.54. The summed E-state index contributed by atoms with van der Waals surface area (Å²) in [6.07, 6.45) is 7.32. The van der Waals surface area contributed by atoms with Crippen molar-refractivity contribution >= 4 is 0 Å². The summed E-state index contributed by atoms with van der Waals surface area (Å²) in [4.78, 5) is 0. The van der Waals surface area contributed by atoms with Crippen molar-refractivity contribution in [2.75, 3.05) is 6.61 Å². The minimum atomic E-state index is -0.287. The molecule has 0 aliphatic carbocycles. The average Bonchev–Trinajstić information content (AvgIpc) is 3.67. The standard InChI is InChI=1S/C24H30N4O/c1-23(25-26-23)21-13-9-19(10-14-21)8-6-4-3-5-7-17-29-18-20-11-15-22(16-12-20)24(2)27-28-24/h9-16H,3-8,17-18H2,1-2H3. The van der Waals surface area contributed by atoms with Gasteiger partial charge in [-0.2, -0.15) is 20.5 Å². The van der Waals surface area contributed by atoms with Crippen molar-refractivity contribution in [2.45, 2.75) is 70.3 Å². The smallest absolute Gasteiger partial charge is 0.213 e. The summed E-state index contributed by atoms with van der Waals surface area (Å²) in [6, 6.07) is 17.2. The maximum absolute atomic E-state index is 5.82. The van der Waals surface area contributed by atoms with Gasteiger partial charge in [-0.3, -0.25) is 0 Å². The number of aryl methyl sites for hydroxylation is 1. The molecule has 29 heavy (non-hydrogen) atoms. The number of hydrogen-bond acceptors (Lipinski definition) is 5. The van der Waals surface area contributed by atoms with Gasteiger partial charge in [0.2, 0.25) is 11.3 Å². The highest BCUT2D eigenvalue weighted by Gasteiger charge is 2.36. The second-order valence-electron chi connectivity index (χ2n) is 8.41. The summed E-state index contributed by atoms with van der Waals surface area (Å²) < 4.78 is 5.82. The zero-order valence-corrected chi connectivity index (χ0v) is 17.5. The van der Waals surface area contributed by atoms with Gasteiger partial charge in [0.15, 0.2) is 0 Å². The molecule has 0 bridgehead atoms. The highest BCUT2D eigenvalue weighted by atomic mass is 16.5. The molecule has 0 radical (unpaired) electrons. The highest BCUT2D eigenvalue weighted by Crippen LogP contribution is 2.39. The monoisotopic (exact) mass is 390 g/mol. The van der Waals surface area contributed by atoms with E-state index in [-0.39, 0.29) is 11.3 Å². The average molecular weight is 391 g/mol. The Bertz CT molecular complexity index is 785. The van der Waals surface area contributed by atoms with E-state index in [0.29, 0.717) is 6.61 Å². The van der Waals surface area contributed by atoms with E-state index in [1.807, 2.05) is 13.8 Å². The zero-order valence-electron chi connectivity index (χ0n) is 17.5. The third-order valence-corrected chi connectivity index (χ3v) is 5.82. The molecule has 0 amide bonds. The predicted molar refractivity (Wildman–Crippen MR) is 114 cm³/mol. The molecule has 0 saturated carbocycles. The second-order valence-corrected chi connectivity index (χ2v) is 8.41. The molecule has 5 nitrogen and oxygen atoms in total. The first kappa shape index (κ1) is 19.9. The van der Waals surface area contributed by atoms with Gasteiger partial charge in [0, 0.05) is 17.7 Å². The van der Waals surface area contributed by atoms with Gasteiger partial charge in [-0.15, -0.1) is 0 Å². The van der Waals surface area contributed by atoms with Crippen LogP contribution in [0.25, 0.3) is 0 Å². The molecule has 2 heterocycles. The minimum absolute atomic E-state index is 0.258. The fourth-order valence-electron chi connectivity index (χ4n) is 3.54. The van der Waals surface area contributed by atoms with Gasteiger partial charge in [0.05, 0.1) is 6.61 Å². The Hall–Kier alpha value is -2.40. The van der Waals surface area contributed by atoms with Crippen molar-refractivity contribution in [1.82, 2.24) is 0 Å². The Morgan fingerprint density at radius 1 is 0.621 bits per heavy atom. The van der Waals surface area contributed by atoms with Crippen molar-refractivity contribution in [3.8, 4) is 0 Å². The molecule has 152 valence electrons. The summed E-state index contributed by atoms with van der Waals surface area (Å²) in [5.41, 5.74) is 4.42. The summed E-state index contributed by atoms with van der Waals surface area (Å²) in [5, 5.41) is 16.3. The molecule has 0 unspecified atom stereocenters. The van der Waals surface area contributed by atoms with Crippen LogP contribution in [0.2, 0.25) is 0 Å². The van der Waals surface area contributed by atoms with E-state index in [1.54, 1.807) is 0 Å². The summed E-state index contributed by atoms with van der Waals surface area (Å²) in [7, 11) is 0. The normalized spacial score (nSPS) is 17.4. The van der Waals surface area contributed by atoms with Crippen molar-refractivity contribution in [1.29, 1.82) is 0 Å². The van der Waals surface area contributed by atoms with Gasteiger partial charge < -0.3 is 4.74 Å². The van der Waals surface area contributed by atoms with Crippen molar-refractivity contribution < 1.29 is 4.74 Å². The van der Waals surface area contributed by atoms with Gasteiger partial charge in [-0.1, -0.05) is 67.8 Å². The van der Waals surface area contributed by atoms with Crippen LogP contribution < -0.4 is 0 Å². The van der Waals surface area contributed by atoms with Gasteiger partial charge in [-0.05, 0) is 44.2 Å². The number of ether oxygens (including phenoxy) is 1. The Morgan fingerprint density at radius 2 is 1.10 bits per heavy atom. The van der Waals surface area contributed by atoms with Gasteiger partial charge in [-0.25, -0.2) is 0 Å². The molecule has 2 aromatic rings. The Morgan fingerprint density at radius 3 is 1.66 bits per heavy atom. The molecule has 2 aliphatic rings. The van der Waals surface area contributed by atoms with Crippen LogP contribution in [-0.2, 0) is 29.1 Å².